The normalized spacial score (nSPS) is 20.7. The summed E-state index contributed by atoms with van der Waals surface area (Å²) >= 11 is 0. The van der Waals surface area contributed by atoms with Crippen LogP contribution in [0.25, 0.3) is 0 Å². The van der Waals surface area contributed by atoms with Gasteiger partial charge in [-0.05, 0) is 25.7 Å². The predicted molar refractivity (Wildman–Crippen MR) is 68.1 cm³/mol. The van der Waals surface area contributed by atoms with E-state index in [1.165, 1.54) is 0 Å². The number of aliphatic hydroxyl groups is 2. The molecule has 6 heteroatoms. The van der Waals surface area contributed by atoms with Crippen LogP contribution in [-0.4, -0.2) is 59.3 Å². The molecule has 6 nitrogen and oxygen atoms in total. The van der Waals surface area contributed by atoms with Crippen LogP contribution in [0.3, 0.4) is 0 Å². The molecule has 0 radical (unpaired) electrons. The fourth-order valence-electron chi connectivity index (χ4n) is 2.42. The number of carbonyl (C=O) groups is 2. The van der Waals surface area contributed by atoms with Crippen molar-refractivity contribution in [3.8, 4) is 0 Å². The second kappa shape index (κ2) is 6.34. The standard InChI is InChI=1S/C13H22N2O4/c16-7-11(8-17)14-12(18)9-3-5-15(6-4-9)13(19)10-1-2-10/h9-11,16-17H,1-8H2,(H,14,18). The summed E-state index contributed by atoms with van der Waals surface area (Å²) in [6.07, 6.45) is 3.34. The largest absolute Gasteiger partial charge is 0.394 e. The van der Waals surface area contributed by atoms with E-state index in [0.29, 0.717) is 25.9 Å². The lowest BCUT2D eigenvalue weighted by Crippen LogP contribution is -2.47. The van der Waals surface area contributed by atoms with Crippen molar-refractivity contribution in [1.29, 1.82) is 0 Å². The molecule has 0 bridgehead atoms. The molecule has 19 heavy (non-hydrogen) atoms. The zero-order valence-electron chi connectivity index (χ0n) is 11.0. The number of aliphatic hydroxyl groups excluding tert-OH is 2. The number of carbonyl (C=O) groups excluding carboxylic acids is 2. The highest BCUT2D eigenvalue weighted by atomic mass is 16.3. The molecule has 2 aliphatic rings. The van der Waals surface area contributed by atoms with Gasteiger partial charge in [-0.25, -0.2) is 0 Å². The third kappa shape index (κ3) is 3.67. The molecule has 108 valence electrons. The molecule has 2 rings (SSSR count). The number of rotatable bonds is 5. The van der Waals surface area contributed by atoms with E-state index in [2.05, 4.69) is 5.32 Å². The Balaban J connectivity index is 1.75. The van der Waals surface area contributed by atoms with Gasteiger partial charge in [0.25, 0.3) is 0 Å². The predicted octanol–water partition coefficient (Wildman–Crippen LogP) is -0.896. The van der Waals surface area contributed by atoms with Gasteiger partial charge in [0.2, 0.25) is 11.8 Å². The quantitative estimate of drug-likeness (QED) is 0.604. The summed E-state index contributed by atoms with van der Waals surface area (Å²) in [6.45, 7) is 0.745. The van der Waals surface area contributed by atoms with Crippen LogP contribution < -0.4 is 5.32 Å². The molecule has 0 unspecified atom stereocenters. The zero-order chi connectivity index (χ0) is 13.8. The number of hydrogen-bond acceptors (Lipinski definition) is 4. The van der Waals surface area contributed by atoms with Crippen LogP contribution in [0.2, 0.25) is 0 Å². The molecule has 1 saturated heterocycles. The number of nitrogens with zero attached hydrogens (tertiary/aromatic N) is 1. The smallest absolute Gasteiger partial charge is 0.225 e. The summed E-state index contributed by atoms with van der Waals surface area (Å²) < 4.78 is 0. The van der Waals surface area contributed by atoms with Gasteiger partial charge in [0.05, 0.1) is 19.3 Å². The summed E-state index contributed by atoms with van der Waals surface area (Å²) in [6, 6.07) is -0.585. The number of likely N-dealkylation sites (tertiary alicyclic amines) is 1. The molecular formula is C13H22N2O4. The highest BCUT2D eigenvalue weighted by molar-refractivity contribution is 5.82. The second-order valence-corrected chi connectivity index (χ2v) is 5.44. The molecular weight excluding hydrogens is 248 g/mol. The van der Waals surface area contributed by atoms with Crippen LogP contribution in [-0.2, 0) is 9.59 Å². The molecule has 1 heterocycles. The van der Waals surface area contributed by atoms with E-state index in [4.69, 9.17) is 10.2 Å². The van der Waals surface area contributed by atoms with Crippen LogP contribution in [0.1, 0.15) is 25.7 Å². The lowest BCUT2D eigenvalue weighted by Gasteiger charge is -2.32. The third-order valence-corrected chi connectivity index (χ3v) is 3.89. The van der Waals surface area contributed by atoms with E-state index in [-0.39, 0.29) is 36.9 Å². The maximum absolute atomic E-state index is 11.9. The van der Waals surface area contributed by atoms with Gasteiger partial charge in [0, 0.05) is 24.9 Å². The van der Waals surface area contributed by atoms with Crippen LogP contribution in [0.5, 0.6) is 0 Å². The van der Waals surface area contributed by atoms with Crippen LogP contribution in [0, 0.1) is 11.8 Å². The van der Waals surface area contributed by atoms with Gasteiger partial charge in [-0.3, -0.25) is 9.59 Å². The lowest BCUT2D eigenvalue weighted by atomic mass is 9.95. The lowest BCUT2D eigenvalue weighted by molar-refractivity contribution is -0.137. The summed E-state index contributed by atoms with van der Waals surface area (Å²) in [7, 11) is 0. The molecule has 1 saturated carbocycles. The van der Waals surface area contributed by atoms with Crippen molar-refractivity contribution < 1.29 is 19.8 Å². The molecule has 0 spiro atoms. The van der Waals surface area contributed by atoms with Crippen molar-refractivity contribution in [3.63, 3.8) is 0 Å². The minimum atomic E-state index is -0.585. The van der Waals surface area contributed by atoms with Crippen molar-refractivity contribution in [3.05, 3.63) is 0 Å². The van der Waals surface area contributed by atoms with E-state index in [9.17, 15) is 9.59 Å². The summed E-state index contributed by atoms with van der Waals surface area (Å²) in [5.74, 6) is 0.219. The van der Waals surface area contributed by atoms with Crippen molar-refractivity contribution in [2.75, 3.05) is 26.3 Å². The van der Waals surface area contributed by atoms with Crippen molar-refractivity contribution in [2.24, 2.45) is 11.8 Å². The Morgan fingerprint density at radius 1 is 1.05 bits per heavy atom. The average molecular weight is 270 g/mol. The number of hydrogen-bond donors (Lipinski definition) is 3. The van der Waals surface area contributed by atoms with Crippen molar-refractivity contribution >= 4 is 11.8 Å². The SMILES string of the molecule is O=C(NC(CO)CO)C1CCN(C(=O)C2CC2)CC1. The first kappa shape index (κ1) is 14.3. The van der Waals surface area contributed by atoms with Gasteiger partial charge in [0.1, 0.15) is 0 Å². The van der Waals surface area contributed by atoms with E-state index in [0.717, 1.165) is 12.8 Å². The van der Waals surface area contributed by atoms with E-state index >= 15 is 0 Å². The summed E-state index contributed by atoms with van der Waals surface area (Å²) in [5.41, 5.74) is 0. The third-order valence-electron chi connectivity index (χ3n) is 3.89. The van der Waals surface area contributed by atoms with Crippen LogP contribution in [0.4, 0.5) is 0 Å². The number of piperidine rings is 1. The first-order chi connectivity index (χ1) is 9.15. The van der Waals surface area contributed by atoms with E-state index in [1.807, 2.05) is 4.90 Å². The Hall–Kier alpha value is -1.14. The van der Waals surface area contributed by atoms with E-state index < -0.39 is 6.04 Å². The average Bonchev–Trinajstić information content (AvgIpc) is 3.28. The van der Waals surface area contributed by atoms with Gasteiger partial charge in [-0.2, -0.15) is 0 Å². The second-order valence-electron chi connectivity index (χ2n) is 5.44. The van der Waals surface area contributed by atoms with E-state index in [1.54, 1.807) is 0 Å². The Morgan fingerprint density at radius 2 is 1.63 bits per heavy atom. The Labute approximate surface area is 112 Å². The molecule has 1 aliphatic carbocycles. The van der Waals surface area contributed by atoms with Gasteiger partial charge in [-0.15, -0.1) is 0 Å². The molecule has 2 fully saturated rings. The molecule has 1 aliphatic heterocycles. The molecule has 2 amide bonds. The van der Waals surface area contributed by atoms with Gasteiger partial charge in [-0.1, -0.05) is 0 Å². The van der Waals surface area contributed by atoms with Crippen LogP contribution >= 0.6 is 0 Å². The maximum atomic E-state index is 11.9. The van der Waals surface area contributed by atoms with Crippen molar-refractivity contribution in [1.82, 2.24) is 10.2 Å². The number of nitrogens with one attached hydrogen (secondary N) is 1. The molecule has 0 atom stereocenters. The topological polar surface area (TPSA) is 89.9 Å². The molecule has 0 aromatic carbocycles. The van der Waals surface area contributed by atoms with Crippen LogP contribution in [0.15, 0.2) is 0 Å². The first-order valence-electron chi connectivity index (χ1n) is 6.96. The monoisotopic (exact) mass is 270 g/mol. The van der Waals surface area contributed by atoms with Gasteiger partial charge < -0.3 is 20.4 Å². The fraction of sp³-hybridized carbons (Fsp3) is 0.846. The zero-order valence-corrected chi connectivity index (χ0v) is 11.0. The first-order valence-corrected chi connectivity index (χ1v) is 6.96. The molecule has 0 aromatic heterocycles. The minimum Gasteiger partial charge on any atom is -0.394 e. The van der Waals surface area contributed by atoms with Gasteiger partial charge in [0.15, 0.2) is 0 Å². The molecule has 3 N–H and O–H groups in total. The fourth-order valence-corrected chi connectivity index (χ4v) is 2.42. The Bertz CT molecular complexity index is 332. The Kier molecular flexibility index (Phi) is 4.76. The number of amides is 2. The maximum Gasteiger partial charge on any atom is 0.225 e. The van der Waals surface area contributed by atoms with Crippen molar-refractivity contribution in [2.45, 2.75) is 31.7 Å². The van der Waals surface area contributed by atoms with Gasteiger partial charge >= 0.3 is 0 Å². The molecule has 0 aromatic rings. The highest BCUT2D eigenvalue weighted by Crippen LogP contribution is 2.32. The summed E-state index contributed by atoms with van der Waals surface area (Å²) in [5, 5.41) is 20.5. The Morgan fingerprint density at radius 3 is 2.11 bits per heavy atom. The summed E-state index contributed by atoms with van der Waals surface area (Å²) in [4.78, 5) is 25.6. The minimum absolute atomic E-state index is 0.121. The highest BCUT2D eigenvalue weighted by Gasteiger charge is 2.36.